The second kappa shape index (κ2) is 4.70. The van der Waals surface area contributed by atoms with Crippen molar-refractivity contribution in [2.45, 2.75) is 4.90 Å². The first-order chi connectivity index (χ1) is 9.97. The third-order valence-electron chi connectivity index (χ3n) is 3.07. The molecule has 0 aliphatic heterocycles. The van der Waals surface area contributed by atoms with Gasteiger partial charge in [-0.15, -0.1) is 0 Å². The molecule has 6 nitrogen and oxygen atoms in total. The number of primary sulfonamides is 1. The van der Waals surface area contributed by atoms with E-state index in [0.29, 0.717) is 22.4 Å². The van der Waals surface area contributed by atoms with Gasteiger partial charge in [0, 0.05) is 5.56 Å². The van der Waals surface area contributed by atoms with E-state index in [-0.39, 0.29) is 4.90 Å². The molecule has 0 radical (unpaired) electrons. The van der Waals surface area contributed by atoms with Crippen molar-refractivity contribution in [3.8, 4) is 17.5 Å². The molecule has 7 heteroatoms. The maximum atomic E-state index is 11.3. The van der Waals surface area contributed by atoms with Gasteiger partial charge in [0.2, 0.25) is 10.0 Å². The molecule has 0 aliphatic rings. The number of benzene rings is 2. The first-order valence-electron chi connectivity index (χ1n) is 6.00. The summed E-state index contributed by atoms with van der Waals surface area (Å²) in [6.07, 6.45) is 0. The third-order valence-corrected chi connectivity index (χ3v) is 3.98. The van der Waals surface area contributed by atoms with Gasteiger partial charge < -0.3 is 4.98 Å². The number of H-pyrrole nitrogens is 1. The molecule has 0 fully saturated rings. The Morgan fingerprint density at radius 2 is 1.86 bits per heavy atom. The van der Waals surface area contributed by atoms with Crippen LogP contribution >= 0.6 is 0 Å². The molecule has 1 aromatic heterocycles. The van der Waals surface area contributed by atoms with E-state index in [1.165, 1.54) is 12.1 Å². The zero-order valence-corrected chi connectivity index (χ0v) is 11.6. The molecule has 3 aromatic rings. The first-order valence-corrected chi connectivity index (χ1v) is 7.55. The van der Waals surface area contributed by atoms with Crippen molar-refractivity contribution in [1.29, 1.82) is 5.26 Å². The Kier molecular flexibility index (Phi) is 2.97. The minimum atomic E-state index is -3.74. The summed E-state index contributed by atoms with van der Waals surface area (Å²) in [6.45, 7) is 0. The second-order valence-electron chi connectivity index (χ2n) is 4.50. The summed E-state index contributed by atoms with van der Waals surface area (Å²) in [6, 6.07) is 13.4. The summed E-state index contributed by atoms with van der Waals surface area (Å²) in [7, 11) is -3.74. The van der Waals surface area contributed by atoms with Crippen LogP contribution in [0.2, 0.25) is 0 Å². The van der Waals surface area contributed by atoms with E-state index in [1.807, 2.05) is 6.07 Å². The van der Waals surface area contributed by atoms with E-state index in [4.69, 9.17) is 10.4 Å². The molecule has 21 heavy (non-hydrogen) atoms. The number of sulfonamides is 1. The molecule has 1 heterocycles. The molecule has 0 unspecified atom stereocenters. The van der Waals surface area contributed by atoms with Crippen molar-refractivity contribution < 1.29 is 8.42 Å². The summed E-state index contributed by atoms with van der Waals surface area (Å²) in [5.41, 5.74) is 2.59. The predicted octanol–water partition coefficient (Wildman–Crippen LogP) is 1.75. The van der Waals surface area contributed by atoms with Crippen LogP contribution in [0.5, 0.6) is 0 Å². The van der Waals surface area contributed by atoms with E-state index < -0.39 is 10.0 Å². The summed E-state index contributed by atoms with van der Waals surface area (Å²) < 4.78 is 22.7. The van der Waals surface area contributed by atoms with E-state index in [9.17, 15) is 8.42 Å². The van der Waals surface area contributed by atoms with Crippen molar-refractivity contribution in [2.75, 3.05) is 0 Å². The van der Waals surface area contributed by atoms with Gasteiger partial charge in [-0.3, -0.25) is 0 Å². The van der Waals surface area contributed by atoms with Crippen molar-refractivity contribution >= 4 is 21.1 Å². The van der Waals surface area contributed by atoms with Crippen LogP contribution in [0, 0.1) is 11.3 Å². The molecule has 0 aliphatic carbocycles. The summed E-state index contributed by atoms with van der Waals surface area (Å²) >= 11 is 0. The molecule has 2 aromatic carbocycles. The SMILES string of the molecule is N#Cc1ccc(-c2nc3ccc(S(N)(=O)=O)cc3[nH]2)cc1. The minimum absolute atomic E-state index is 0.0324. The normalized spacial score (nSPS) is 11.4. The number of aromatic nitrogens is 2. The fourth-order valence-corrected chi connectivity index (χ4v) is 2.54. The largest absolute Gasteiger partial charge is 0.338 e. The van der Waals surface area contributed by atoms with Gasteiger partial charge in [0.15, 0.2) is 0 Å². The van der Waals surface area contributed by atoms with Crippen LogP contribution in [0.4, 0.5) is 0 Å². The van der Waals surface area contributed by atoms with Crippen molar-refractivity contribution in [2.24, 2.45) is 5.14 Å². The van der Waals surface area contributed by atoms with Gasteiger partial charge in [-0.25, -0.2) is 18.5 Å². The van der Waals surface area contributed by atoms with Crippen molar-refractivity contribution in [3.05, 3.63) is 48.0 Å². The highest BCUT2D eigenvalue weighted by Crippen LogP contribution is 2.22. The molecule has 0 atom stereocenters. The average molecular weight is 298 g/mol. The van der Waals surface area contributed by atoms with Gasteiger partial charge in [-0.2, -0.15) is 5.26 Å². The van der Waals surface area contributed by atoms with Crippen LogP contribution in [0.1, 0.15) is 5.56 Å². The Morgan fingerprint density at radius 3 is 2.48 bits per heavy atom. The van der Waals surface area contributed by atoms with Gasteiger partial charge in [0.25, 0.3) is 0 Å². The number of fused-ring (bicyclic) bond motifs is 1. The number of nitrogens with zero attached hydrogens (tertiary/aromatic N) is 2. The predicted molar refractivity (Wildman–Crippen MR) is 77.6 cm³/mol. The van der Waals surface area contributed by atoms with Crippen LogP contribution in [-0.2, 0) is 10.0 Å². The minimum Gasteiger partial charge on any atom is -0.338 e. The molecular weight excluding hydrogens is 288 g/mol. The van der Waals surface area contributed by atoms with Crippen LogP contribution in [0.3, 0.4) is 0 Å². The molecule has 0 amide bonds. The fraction of sp³-hybridized carbons (Fsp3) is 0. The molecule has 104 valence electrons. The lowest BCUT2D eigenvalue weighted by Gasteiger charge is -1.96. The number of nitriles is 1. The Balaban J connectivity index is 2.10. The number of nitrogens with two attached hydrogens (primary N) is 1. The lowest BCUT2D eigenvalue weighted by molar-refractivity contribution is 0.598. The second-order valence-corrected chi connectivity index (χ2v) is 6.06. The van der Waals surface area contributed by atoms with Gasteiger partial charge >= 0.3 is 0 Å². The van der Waals surface area contributed by atoms with Crippen LogP contribution in [0.15, 0.2) is 47.4 Å². The van der Waals surface area contributed by atoms with Crippen LogP contribution < -0.4 is 5.14 Å². The molecule has 0 saturated heterocycles. The average Bonchev–Trinajstić information content (AvgIpc) is 2.89. The monoisotopic (exact) mass is 298 g/mol. The van der Waals surface area contributed by atoms with Crippen molar-refractivity contribution in [3.63, 3.8) is 0 Å². The van der Waals surface area contributed by atoms with Gasteiger partial charge in [-0.1, -0.05) is 0 Å². The Morgan fingerprint density at radius 1 is 1.14 bits per heavy atom. The van der Waals surface area contributed by atoms with Crippen LogP contribution in [-0.4, -0.2) is 18.4 Å². The topological polar surface area (TPSA) is 113 Å². The quantitative estimate of drug-likeness (QED) is 0.750. The molecule has 0 saturated carbocycles. The highest BCUT2D eigenvalue weighted by atomic mass is 32.2. The Bertz CT molecular complexity index is 966. The number of aromatic amines is 1. The smallest absolute Gasteiger partial charge is 0.238 e. The molecule has 3 N–H and O–H groups in total. The van der Waals surface area contributed by atoms with Gasteiger partial charge in [0.05, 0.1) is 27.6 Å². The molecular formula is C14H10N4O2S. The zero-order chi connectivity index (χ0) is 15.0. The maximum Gasteiger partial charge on any atom is 0.238 e. The zero-order valence-electron chi connectivity index (χ0n) is 10.7. The van der Waals surface area contributed by atoms with Gasteiger partial charge in [-0.05, 0) is 42.5 Å². The summed E-state index contributed by atoms with van der Waals surface area (Å²) in [5.74, 6) is 0.598. The fourth-order valence-electron chi connectivity index (χ4n) is 2.01. The van der Waals surface area contributed by atoms with E-state index >= 15 is 0 Å². The number of nitrogens with one attached hydrogen (secondary N) is 1. The number of rotatable bonds is 2. The number of hydrogen-bond donors (Lipinski definition) is 2. The van der Waals surface area contributed by atoms with E-state index in [1.54, 1.807) is 30.3 Å². The first kappa shape index (κ1) is 13.3. The molecule has 0 spiro atoms. The van der Waals surface area contributed by atoms with E-state index in [0.717, 1.165) is 5.56 Å². The highest BCUT2D eigenvalue weighted by molar-refractivity contribution is 7.89. The number of hydrogen-bond acceptors (Lipinski definition) is 4. The van der Waals surface area contributed by atoms with Crippen LogP contribution in [0.25, 0.3) is 22.4 Å². The van der Waals surface area contributed by atoms with Gasteiger partial charge in [0.1, 0.15) is 5.82 Å². The standard InChI is InChI=1S/C14H10N4O2S/c15-8-9-1-3-10(4-2-9)14-17-12-6-5-11(21(16,19)20)7-13(12)18-14/h1-7H,(H,17,18)(H2,16,19,20). The lowest BCUT2D eigenvalue weighted by Crippen LogP contribution is -2.11. The Labute approximate surface area is 120 Å². The Hall–Kier alpha value is -2.69. The van der Waals surface area contributed by atoms with E-state index in [2.05, 4.69) is 9.97 Å². The van der Waals surface area contributed by atoms with Crippen molar-refractivity contribution in [1.82, 2.24) is 9.97 Å². The molecule has 0 bridgehead atoms. The highest BCUT2D eigenvalue weighted by Gasteiger charge is 2.11. The third kappa shape index (κ3) is 2.50. The lowest BCUT2D eigenvalue weighted by atomic mass is 10.1. The summed E-state index contributed by atoms with van der Waals surface area (Å²) in [4.78, 5) is 7.47. The maximum absolute atomic E-state index is 11.3. The summed E-state index contributed by atoms with van der Waals surface area (Å²) in [5, 5.41) is 13.9. The number of imidazole rings is 1. The molecule has 3 rings (SSSR count).